The Morgan fingerprint density at radius 1 is 1.38 bits per heavy atom. The van der Waals surface area contributed by atoms with Crippen LogP contribution >= 0.6 is 0 Å². The Balaban J connectivity index is 2.15. The molecule has 1 N–H and O–H groups in total. The SMILES string of the molecule is CCCCN(CC)CCC(C#N)NC1CC1. The molecule has 0 amide bonds. The average Bonchev–Trinajstić information content (AvgIpc) is 3.11. The fourth-order valence-corrected chi connectivity index (χ4v) is 1.84. The molecule has 1 unspecified atom stereocenters. The third kappa shape index (κ3) is 5.48. The average molecular weight is 223 g/mol. The molecule has 1 atom stereocenters. The highest BCUT2D eigenvalue weighted by molar-refractivity contribution is 4.95. The molecule has 1 fully saturated rings. The molecule has 0 aromatic carbocycles. The molecule has 1 saturated carbocycles. The highest BCUT2D eigenvalue weighted by atomic mass is 15.1. The van der Waals surface area contributed by atoms with E-state index in [1.54, 1.807) is 0 Å². The Labute approximate surface area is 99.8 Å². The van der Waals surface area contributed by atoms with Crippen molar-refractivity contribution in [2.24, 2.45) is 0 Å². The normalized spacial score (nSPS) is 17.4. The van der Waals surface area contributed by atoms with Gasteiger partial charge in [0.25, 0.3) is 0 Å². The maximum Gasteiger partial charge on any atom is 0.0967 e. The summed E-state index contributed by atoms with van der Waals surface area (Å²) >= 11 is 0. The van der Waals surface area contributed by atoms with Crippen molar-refractivity contribution in [1.82, 2.24) is 10.2 Å². The van der Waals surface area contributed by atoms with Crippen LogP contribution in [0.15, 0.2) is 0 Å². The van der Waals surface area contributed by atoms with Gasteiger partial charge in [-0.15, -0.1) is 0 Å². The van der Waals surface area contributed by atoms with Gasteiger partial charge in [-0.05, 0) is 38.8 Å². The molecule has 1 aliphatic carbocycles. The van der Waals surface area contributed by atoms with E-state index in [0.717, 1.165) is 19.5 Å². The molecular formula is C13H25N3. The van der Waals surface area contributed by atoms with Crippen LogP contribution in [0, 0.1) is 11.3 Å². The van der Waals surface area contributed by atoms with E-state index in [9.17, 15) is 0 Å². The van der Waals surface area contributed by atoms with E-state index in [-0.39, 0.29) is 6.04 Å². The largest absolute Gasteiger partial charge is 0.304 e. The molecule has 0 aromatic heterocycles. The molecule has 0 saturated heterocycles. The summed E-state index contributed by atoms with van der Waals surface area (Å²) in [5.41, 5.74) is 0. The number of rotatable bonds is 9. The topological polar surface area (TPSA) is 39.1 Å². The van der Waals surface area contributed by atoms with Crippen LogP contribution in [0.4, 0.5) is 0 Å². The van der Waals surface area contributed by atoms with Gasteiger partial charge < -0.3 is 4.90 Å². The quantitative estimate of drug-likeness (QED) is 0.651. The van der Waals surface area contributed by atoms with E-state index >= 15 is 0 Å². The summed E-state index contributed by atoms with van der Waals surface area (Å²) in [7, 11) is 0. The summed E-state index contributed by atoms with van der Waals surface area (Å²) in [6.07, 6.45) is 5.99. The van der Waals surface area contributed by atoms with Crippen LogP contribution in [0.25, 0.3) is 0 Å². The van der Waals surface area contributed by atoms with Gasteiger partial charge in [-0.2, -0.15) is 5.26 Å². The minimum Gasteiger partial charge on any atom is -0.304 e. The van der Waals surface area contributed by atoms with Crippen molar-refractivity contribution in [3.63, 3.8) is 0 Å². The monoisotopic (exact) mass is 223 g/mol. The van der Waals surface area contributed by atoms with Gasteiger partial charge in [0.1, 0.15) is 0 Å². The zero-order valence-electron chi connectivity index (χ0n) is 10.7. The molecule has 92 valence electrons. The van der Waals surface area contributed by atoms with E-state index in [4.69, 9.17) is 5.26 Å². The smallest absolute Gasteiger partial charge is 0.0967 e. The third-order valence-corrected chi connectivity index (χ3v) is 3.18. The molecule has 3 heteroatoms. The van der Waals surface area contributed by atoms with Crippen molar-refractivity contribution < 1.29 is 0 Å². The maximum atomic E-state index is 9.03. The first-order valence-corrected chi connectivity index (χ1v) is 6.68. The molecule has 0 radical (unpaired) electrons. The van der Waals surface area contributed by atoms with Gasteiger partial charge in [0.2, 0.25) is 0 Å². The predicted octanol–water partition coefficient (Wildman–Crippen LogP) is 2.14. The number of unbranched alkanes of at least 4 members (excludes halogenated alkanes) is 1. The third-order valence-electron chi connectivity index (χ3n) is 3.18. The Morgan fingerprint density at radius 3 is 2.62 bits per heavy atom. The van der Waals surface area contributed by atoms with Gasteiger partial charge in [-0.3, -0.25) is 5.32 Å². The molecule has 1 rings (SSSR count). The van der Waals surface area contributed by atoms with Gasteiger partial charge in [0.05, 0.1) is 12.1 Å². The Morgan fingerprint density at radius 2 is 2.12 bits per heavy atom. The molecule has 0 bridgehead atoms. The Bertz CT molecular complexity index is 218. The first kappa shape index (κ1) is 13.5. The van der Waals surface area contributed by atoms with Crippen LogP contribution in [0.5, 0.6) is 0 Å². The van der Waals surface area contributed by atoms with E-state index in [2.05, 4.69) is 30.1 Å². The zero-order chi connectivity index (χ0) is 11.8. The summed E-state index contributed by atoms with van der Waals surface area (Å²) in [6, 6.07) is 3.06. The second-order valence-corrected chi connectivity index (χ2v) is 4.70. The van der Waals surface area contributed by atoms with Crippen molar-refractivity contribution >= 4 is 0 Å². The molecule has 0 spiro atoms. The summed E-state index contributed by atoms with van der Waals surface area (Å²) in [4.78, 5) is 2.45. The van der Waals surface area contributed by atoms with Crippen LogP contribution < -0.4 is 5.32 Å². The molecular weight excluding hydrogens is 198 g/mol. The first-order chi connectivity index (χ1) is 7.80. The highest BCUT2D eigenvalue weighted by Crippen LogP contribution is 2.19. The Hall–Kier alpha value is -0.590. The number of nitriles is 1. The van der Waals surface area contributed by atoms with Crippen molar-refractivity contribution in [2.45, 2.75) is 58.0 Å². The Kier molecular flexibility index (Phi) is 6.44. The van der Waals surface area contributed by atoms with E-state index in [1.165, 1.54) is 32.2 Å². The molecule has 0 aromatic rings. The summed E-state index contributed by atoms with van der Waals surface area (Å²) in [6.45, 7) is 7.75. The molecule has 3 nitrogen and oxygen atoms in total. The number of hydrogen-bond donors (Lipinski definition) is 1. The molecule has 0 aliphatic heterocycles. The second-order valence-electron chi connectivity index (χ2n) is 4.70. The van der Waals surface area contributed by atoms with Crippen LogP contribution in [0.1, 0.15) is 46.0 Å². The van der Waals surface area contributed by atoms with Crippen LogP contribution in [-0.4, -0.2) is 36.6 Å². The molecule has 1 aliphatic rings. The summed E-state index contributed by atoms with van der Waals surface area (Å²) < 4.78 is 0. The number of nitrogens with one attached hydrogen (secondary N) is 1. The van der Waals surface area contributed by atoms with Gasteiger partial charge in [-0.25, -0.2) is 0 Å². The van der Waals surface area contributed by atoms with Gasteiger partial charge >= 0.3 is 0 Å². The molecule has 16 heavy (non-hydrogen) atoms. The van der Waals surface area contributed by atoms with Crippen LogP contribution in [0.3, 0.4) is 0 Å². The van der Waals surface area contributed by atoms with Gasteiger partial charge in [0.15, 0.2) is 0 Å². The minimum atomic E-state index is 0.0585. The maximum absolute atomic E-state index is 9.03. The standard InChI is InChI=1S/C13H25N3/c1-3-5-9-16(4-2)10-8-13(11-14)15-12-6-7-12/h12-13,15H,3-10H2,1-2H3. The predicted molar refractivity (Wildman–Crippen MR) is 67.2 cm³/mol. The number of hydrogen-bond acceptors (Lipinski definition) is 3. The lowest BCUT2D eigenvalue weighted by molar-refractivity contribution is 0.272. The lowest BCUT2D eigenvalue weighted by atomic mass is 10.2. The van der Waals surface area contributed by atoms with Crippen molar-refractivity contribution in [2.75, 3.05) is 19.6 Å². The summed E-state index contributed by atoms with van der Waals surface area (Å²) in [5.74, 6) is 0. The fraction of sp³-hybridized carbons (Fsp3) is 0.923. The summed E-state index contributed by atoms with van der Waals surface area (Å²) in [5, 5.41) is 12.4. The molecule has 0 heterocycles. The lowest BCUT2D eigenvalue weighted by Crippen LogP contribution is -2.35. The first-order valence-electron chi connectivity index (χ1n) is 6.68. The van der Waals surface area contributed by atoms with Crippen molar-refractivity contribution in [3.05, 3.63) is 0 Å². The zero-order valence-corrected chi connectivity index (χ0v) is 10.7. The van der Waals surface area contributed by atoms with Crippen LogP contribution in [-0.2, 0) is 0 Å². The van der Waals surface area contributed by atoms with Gasteiger partial charge in [0, 0.05) is 12.6 Å². The van der Waals surface area contributed by atoms with Gasteiger partial charge in [-0.1, -0.05) is 20.3 Å². The van der Waals surface area contributed by atoms with E-state index in [1.807, 2.05) is 0 Å². The van der Waals surface area contributed by atoms with Crippen LogP contribution in [0.2, 0.25) is 0 Å². The second kappa shape index (κ2) is 7.65. The lowest BCUT2D eigenvalue weighted by Gasteiger charge is -2.21. The fourth-order valence-electron chi connectivity index (χ4n) is 1.84. The number of nitrogens with zero attached hydrogens (tertiary/aromatic N) is 2. The van der Waals surface area contributed by atoms with E-state index < -0.39 is 0 Å². The minimum absolute atomic E-state index is 0.0585. The van der Waals surface area contributed by atoms with Crippen molar-refractivity contribution in [3.8, 4) is 6.07 Å². The van der Waals surface area contributed by atoms with Crippen molar-refractivity contribution in [1.29, 1.82) is 5.26 Å². The van der Waals surface area contributed by atoms with E-state index in [0.29, 0.717) is 6.04 Å². The highest BCUT2D eigenvalue weighted by Gasteiger charge is 2.24.